The minimum atomic E-state index is 0.325. The highest BCUT2D eigenvalue weighted by Gasteiger charge is 2.23. The van der Waals surface area contributed by atoms with Gasteiger partial charge in [-0.1, -0.05) is 0 Å². The summed E-state index contributed by atoms with van der Waals surface area (Å²) >= 11 is 0. The first-order valence-corrected chi connectivity index (χ1v) is 5.52. The Labute approximate surface area is 87.4 Å². The summed E-state index contributed by atoms with van der Waals surface area (Å²) in [5.74, 6) is 0. The fourth-order valence-electron chi connectivity index (χ4n) is 2.03. The Morgan fingerprint density at radius 3 is 2.57 bits per heavy atom. The molecule has 1 rings (SSSR count). The maximum atomic E-state index is 5.70. The monoisotopic (exact) mass is 201 g/mol. The van der Waals surface area contributed by atoms with Crippen molar-refractivity contribution in [3.05, 3.63) is 0 Å². The standard InChI is InChI=1S/C11H23NO2/c1-9(2)14-10(3)7-12-6-5-11(8-12)13-4/h9-11H,5-8H2,1-4H3/t10-,11-/m1/s1. The van der Waals surface area contributed by atoms with E-state index in [1.54, 1.807) is 7.11 Å². The summed E-state index contributed by atoms with van der Waals surface area (Å²) in [6, 6.07) is 0. The second-order valence-corrected chi connectivity index (χ2v) is 4.40. The van der Waals surface area contributed by atoms with Crippen LogP contribution in [0, 0.1) is 0 Å². The summed E-state index contributed by atoms with van der Waals surface area (Å²) in [4.78, 5) is 2.42. The lowest BCUT2D eigenvalue weighted by atomic mass is 10.3. The van der Waals surface area contributed by atoms with Gasteiger partial charge in [-0.15, -0.1) is 0 Å². The van der Waals surface area contributed by atoms with Gasteiger partial charge in [-0.3, -0.25) is 4.90 Å². The molecular weight excluding hydrogens is 178 g/mol. The van der Waals surface area contributed by atoms with Gasteiger partial charge in [0.15, 0.2) is 0 Å². The number of ether oxygens (including phenoxy) is 2. The molecule has 0 aromatic carbocycles. The van der Waals surface area contributed by atoms with Crippen LogP contribution in [-0.2, 0) is 9.47 Å². The Bertz CT molecular complexity index is 161. The molecule has 0 spiro atoms. The van der Waals surface area contributed by atoms with Gasteiger partial charge in [-0.2, -0.15) is 0 Å². The van der Waals surface area contributed by atoms with Crippen LogP contribution in [-0.4, -0.2) is 50.0 Å². The molecule has 0 amide bonds. The molecule has 0 aromatic heterocycles. The van der Waals surface area contributed by atoms with Crippen molar-refractivity contribution in [2.75, 3.05) is 26.7 Å². The summed E-state index contributed by atoms with van der Waals surface area (Å²) in [6.45, 7) is 9.53. The van der Waals surface area contributed by atoms with E-state index < -0.39 is 0 Å². The SMILES string of the molecule is CO[C@@H]1CCN(C[C@@H](C)OC(C)C)C1. The summed E-state index contributed by atoms with van der Waals surface area (Å²) in [7, 11) is 1.79. The van der Waals surface area contributed by atoms with Crippen LogP contribution in [0.4, 0.5) is 0 Å². The Morgan fingerprint density at radius 1 is 1.36 bits per heavy atom. The molecule has 3 heteroatoms. The van der Waals surface area contributed by atoms with E-state index in [0.29, 0.717) is 18.3 Å². The van der Waals surface area contributed by atoms with Gasteiger partial charge in [0, 0.05) is 26.7 Å². The molecule has 1 heterocycles. The minimum absolute atomic E-state index is 0.325. The lowest BCUT2D eigenvalue weighted by Crippen LogP contribution is -2.32. The number of rotatable bonds is 5. The van der Waals surface area contributed by atoms with Crippen LogP contribution < -0.4 is 0 Å². The summed E-state index contributed by atoms with van der Waals surface area (Å²) < 4.78 is 11.0. The first-order chi connectivity index (χ1) is 6.61. The molecule has 1 aliphatic heterocycles. The largest absolute Gasteiger partial charge is 0.380 e. The molecule has 14 heavy (non-hydrogen) atoms. The Kier molecular flexibility index (Phi) is 4.85. The number of hydrogen-bond donors (Lipinski definition) is 0. The van der Waals surface area contributed by atoms with E-state index in [0.717, 1.165) is 26.1 Å². The van der Waals surface area contributed by atoms with Gasteiger partial charge in [0.1, 0.15) is 0 Å². The zero-order valence-electron chi connectivity index (χ0n) is 9.82. The van der Waals surface area contributed by atoms with Gasteiger partial charge < -0.3 is 9.47 Å². The average molecular weight is 201 g/mol. The first kappa shape index (κ1) is 12.0. The van der Waals surface area contributed by atoms with Crippen LogP contribution in [0.1, 0.15) is 27.2 Å². The normalized spacial score (nSPS) is 25.9. The second-order valence-electron chi connectivity index (χ2n) is 4.40. The average Bonchev–Trinajstić information content (AvgIpc) is 2.50. The minimum Gasteiger partial charge on any atom is -0.380 e. The molecule has 0 aromatic rings. The van der Waals surface area contributed by atoms with Gasteiger partial charge in [-0.05, 0) is 27.2 Å². The predicted molar refractivity (Wildman–Crippen MR) is 57.5 cm³/mol. The van der Waals surface area contributed by atoms with E-state index >= 15 is 0 Å². The molecular formula is C11H23NO2. The van der Waals surface area contributed by atoms with Crippen molar-refractivity contribution < 1.29 is 9.47 Å². The Balaban J connectivity index is 2.18. The quantitative estimate of drug-likeness (QED) is 0.673. The maximum absolute atomic E-state index is 5.70. The van der Waals surface area contributed by atoms with E-state index in [-0.39, 0.29) is 0 Å². The topological polar surface area (TPSA) is 21.7 Å². The summed E-state index contributed by atoms with van der Waals surface area (Å²) in [5.41, 5.74) is 0. The van der Waals surface area contributed by atoms with Crippen LogP contribution in [0.3, 0.4) is 0 Å². The van der Waals surface area contributed by atoms with Crippen LogP contribution >= 0.6 is 0 Å². The highest BCUT2D eigenvalue weighted by molar-refractivity contribution is 4.77. The smallest absolute Gasteiger partial charge is 0.0710 e. The van der Waals surface area contributed by atoms with Crippen molar-refractivity contribution in [1.29, 1.82) is 0 Å². The second kappa shape index (κ2) is 5.69. The number of nitrogens with zero attached hydrogens (tertiary/aromatic N) is 1. The number of likely N-dealkylation sites (tertiary alicyclic amines) is 1. The van der Waals surface area contributed by atoms with E-state index in [1.165, 1.54) is 0 Å². The first-order valence-electron chi connectivity index (χ1n) is 5.52. The molecule has 0 radical (unpaired) electrons. The zero-order valence-corrected chi connectivity index (χ0v) is 9.82. The van der Waals surface area contributed by atoms with Crippen LogP contribution in [0.5, 0.6) is 0 Å². The Hall–Kier alpha value is -0.120. The van der Waals surface area contributed by atoms with Crippen LogP contribution in [0.25, 0.3) is 0 Å². The highest BCUT2D eigenvalue weighted by Crippen LogP contribution is 2.13. The van der Waals surface area contributed by atoms with E-state index in [2.05, 4.69) is 25.7 Å². The third kappa shape index (κ3) is 3.95. The number of hydrogen-bond acceptors (Lipinski definition) is 3. The maximum Gasteiger partial charge on any atom is 0.0710 e. The lowest BCUT2D eigenvalue weighted by Gasteiger charge is -2.22. The van der Waals surface area contributed by atoms with E-state index in [1.807, 2.05) is 0 Å². The fourth-order valence-corrected chi connectivity index (χ4v) is 2.03. The van der Waals surface area contributed by atoms with Gasteiger partial charge in [-0.25, -0.2) is 0 Å². The van der Waals surface area contributed by atoms with Crippen LogP contribution in [0.15, 0.2) is 0 Å². The molecule has 2 atom stereocenters. The van der Waals surface area contributed by atoms with Crippen molar-refractivity contribution in [3.8, 4) is 0 Å². The molecule has 0 bridgehead atoms. The van der Waals surface area contributed by atoms with Gasteiger partial charge in [0.05, 0.1) is 18.3 Å². The summed E-state index contributed by atoms with van der Waals surface area (Å²) in [5, 5.41) is 0. The predicted octanol–water partition coefficient (Wildman–Crippen LogP) is 1.52. The third-order valence-corrected chi connectivity index (χ3v) is 2.58. The van der Waals surface area contributed by atoms with Crippen molar-refractivity contribution in [2.45, 2.75) is 45.5 Å². The third-order valence-electron chi connectivity index (χ3n) is 2.58. The molecule has 0 N–H and O–H groups in total. The molecule has 0 unspecified atom stereocenters. The summed E-state index contributed by atoms with van der Waals surface area (Å²) in [6.07, 6.45) is 2.24. The molecule has 3 nitrogen and oxygen atoms in total. The van der Waals surface area contributed by atoms with Gasteiger partial charge in [0.25, 0.3) is 0 Å². The molecule has 84 valence electrons. The van der Waals surface area contributed by atoms with Crippen molar-refractivity contribution >= 4 is 0 Å². The number of methoxy groups -OCH3 is 1. The van der Waals surface area contributed by atoms with E-state index in [9.17, 15) is 0 Å². The molecule has 1 saturated heterocycles. The lowest BCUT2D eigenvalue weighted by molar-refractivity contribution is -0.000223. The van der Waals surface area contributed by atoms with Crippen molar-refractivity contribution in [3.63, 3.8) is 0 Å². The van der Waals surface area contributed by atoms with E-state index in [4.69, 9.17) is 9.47 Å². The Morgan fingerprint density at radius 2 is 2.07 bits per heavy atom. The molecule has 1 aliphatic rings. The van der Waals surface area contributed by atoms with Gasteiger partial charge >= 0.3 is 0 Å². The fraction of sp³-hybridized carbons (Fsp3) is 1.00. The van der Waals surface area contributed by atoms with Crippen molar-refractivity contribution in [1.82, 2.24) is 4.90 Å². The van der Waals surface area contributed by atoms with Crippen molar-refractivity contribution in [2.24, 2.45) is 0 Å². The zero-order chi connectivity index (χ0) is 10.6. The highest BCUT2D eigenvalue weighted by atomic mass is 16.5. The molecule has 0 aliphatic carbocycles. The van der Waals surface area contributed by atoms with Gasteiger partial charge in [0.2, 0.25) is 0 Å². The molecule has 0 saturated carbocycles. The molecule has 1 fully saturated rings. The van der Waals surface area contributed by atoms with Crippen LogP contribution in [0.2, 0.25) is 0 Å².